The van der Waals surface area contributed by atoms with Gasteiger partial charge in [-0.05, 0) is 48.8 Å². The molecule has 1 aromatic heterocycles. The molecule has 1 atom stereocenters. The lowest BCUT2D eigenvalue weighted by atomic mass is 10.1. The Morgan fingerprint density at radius 2 is 1.84 bits per heavy atom. The Morgan fingerprint density at radius 1 is 1.16 bits per heavy atom. The summed E-state index contributed by atoms with van der Waals surface area (Å²) in [7, 11) is -3.01. The maximum absolute atomic E-state index is 13.5. The molecule has 0 radical (unpaired) electrons. The third-order valence-corrected chi connectivity index (χ3v) is 7.74. The molecule has 32 heavy (non-hydrogen) atoms. The van der Waals surface area contributed by atoms with Crippen molar-refractivity contribution in [2.24, 2.45) is 5.92 Å². The van der Waals surface area contributed by atoms with Crippen LogP contribution in [0.4, 0.5) is 4.39 Å². The van der Waals surface area contributed by atoms with Gasteiger partial charge in [-0.15, -0.1) is 5.10 Å². The average molecular weight is 475 g/mol. The molecule has 170 valence electrons. The minimum atomic E-state index is -3.01. The van der Waals surface area contributed by atoms with Crippen LogP contribution in [-0.2, 0) is 16.5 Å². The molecule has 3 aromatic rings. The first-order valence-corrected chi connectivity index (χ1v) is 12.9. The summed E-state index contributed by atoms with van der Waals surface area (Å²) >= 11 is 5.80. The Balaban J connectivity index is 1.76. The van der Waals surface area contributed by atoms with E-state index in [1.807, 2.05) is 34.9 Å². The van der Waals surface area contributed by atoms with E-state index in [1.165, 1.54) is 12.1 Å². The van der Waals surface area contributed by atoms with E-state index >= 15 is 0 Å². The molecule has 0 bridgehead atoms. The van der Waals surface area contributed by atoms with Gasteiger partial charge in [-0.25, -0.2) is 17.5 Å². The third-order valence-electron chi connectivity index (χ3n) is 5.60. The Morgan fingerprint density at radius 3 is 2.44 bits per heavy atom. The summed E-state index contributed by atoms with van der Waals surface area (Å²) in [4.78, 5) is 2.17. The predicted octanol–water partition coefficient (Wildman–Crippen LogP) is 4.31. The van der Waals surface area contributed by atoms with Crippen molar-refractivity contribution >= 4 is 22.1 Å². The van der Waals surface area contributed by atoms with E-state index < -0.39 is 9.84 Å². The van der Waals surface area contributed by atoms with Gasteiger partial charge in [-0.3, -0.25) is 9.47 Å². The van der Waals surface area contributed by atoms with Gasteiger partial charge < -0.3 is 0 Å². The molecule has 1 aliphatic rings. The van der Waals surface area contributed by atoms with Crippen LogP contribution < -0.4 is 0 Å². The molecule has 0 N–H and O–H groups in total. The topological polar surface area (TPSA) is 60.1 Å². The van der Waals surface area contributed by atoms with E-state index in [1.54, 1.807) is 16.8 Å². The zero-order chi connectivity index (χ0) is 22.9. The highest BCUT2D eigenvalue weighted by Gasteiger charge is 2.33. The van der Waals surface area contributed by atoms with Crippen LogP contribution in [0, 0.1) is 16.5 Å². The number of aromatic nitrogens is 3. The lowest BCUT2D eigenvalue weighted by molar-refractivity contribution is 0.137. The van der Waals surface area contributed by atoms with Gasteiger partial charge in [0.25, 0.3) is 0 Å². The second-order valence-electron chi connectivity index (χ2n) is 8.65. The summed E-state index contributed by atoms with van der Waals surface area (Å²) in [6.07, 6.45) is 0.618. The van der Waals surface area contributed by atoms with Gasteiger partial charge >= 0.3 is 0 Å². The van der Waals surface area contributed by atoms with Gasteiger partial charge in [0.1, 0.15) is 5.82 Å². The molecule has 0 amide bonds. The number of nitrogens with zero attached hydrogens (tertiary/aromatic N) is 4. The maximum Gasteiger partial charge on any atom is 0.204 e. The Hall–Kier alpha value is -2.36. The normalized spacial score (nSPS) is 18.0. The molecule has 0 unspecified atom stereocenters. The van der Waals surface area contributed by atoms with Crippen LogP contribution in [0.2, 0.25) is 0 Å². The van der Waals surface area contributed by atoms with E-state index in [4.69, 9.17) is 17.3 Å². The van der Waals surface area contributed by atoms with Crippen LogP contribution in [0.15, 0.2) is 54.6 Å². The lowest BCUT2D eigenvalue weighted by Crippen LogP contribution is -2.40. The van der Waals surface area contributed by atoms with E-state index in [9.17, 15) is 12.8 Å². The Bertz CT molecular complexity index is 1240. The number of hydrogen-bond donors (Lipinski definition) is 0. The molecule has 1 aliphatic heterocycles. The fourth-order valence-corrected chi connectivity index (χ4v) is 6.18. The average Bonchev–Trinajstić information content (AvgIpc) is 3.28. The van der Waals surface area contributed by atoms with E-state index in [0.717, 1.165) is 17.8 Å². The van der Waals surface area contributed by atoms with Crippen molar-refractivity contribution in [1.29, 1.82) is 0 Å². The smallest absolute Gasteiger partial charge is 0.204 e. The fourth-order valence-electron chi connectivity index (χ4n) is 4.12. The molecule has 9 heteroatoms. The maximum atomic E-state index is 13.5. The number of rotatable bonds is 7. The second-order valence-corrected chi connectivity index (χ2v) is 11.2. The van der Waals surface area contributed by atoms with Crippen LogP contribution in [-0.4, -0.2) is 51.8 Å². The highest BCUT2D eigenvalue weighted by Crippen LogP contribution is 2.25. The quantitative estimate of drug-likeness (QED) is 0.478. The van der Waals surface area contributed by atoms with Crippen LogP contribution in [0.3, 0.4) is 0 Å². The van der Waals surface area contributed by atoms with E-state index in [2.05, 4.69) is 18.7 Å². The van der Waals surface area contributed by atoms with Crippen LogP contribution >= 0.6 is 12.2 Å². The van der Waals surface area contributed by atoms with Gasteiger partial charge in [0.05, 0.1) is 23.9 Å². The number of benzene rings is 2. The summed E-state index contributed by atoms with van der Waals surface area (Å²) in [6.45, 7) is 5.36. The molecule has 0 aliphatic carbocycles. The van der Waals surface area contributed by atoms with Crippen molar-refractivity contribution in [2.45, 2.75) is 33.0 Å². The highest BCUT2D eigenvalue weighted by molar-refractivity contribution is 7.91. The van der Waals surface area contributed by atoms with Crippen molar-refractivity contribution in [3.63, 3.8) is 0 Å². The summed E-state index contributed by atoms with van der Waals surface area (Å²) in [5, 5.41) is 4.82. The first kappa shape index (κ1) is 22.8. The Labute approximate surface area is 193 Å². The van der Waals surface area contributed by atoms with Crippen molar-refractivity contribution in [3.8, 4) is 17.1 Å². The molecule has 0 saturated carbocycles. The monoisotopic (exact) mass is 474 g/mol. The first-order chi connectivity index (χ1) is 15.2. The van der Waals surface area contributed by atoms with Crippen LogP contribution in [0.5, 0.6) is 0 Å². The van der Waals surface area contributed by atoms with Gasteiger partial charge in [0, 0.05) is 18.2 Å². The van der Waals surface area contributed by atoms with Crippen molar-refractivity contribution < 1.29 is 12.8 Å². The summed E-state index contributed by atoms with van der Waals surface area (Å²) in [5.74, 6) is 1.08. The molecule has 1 saturated heterocycles. The van der Waals surface area contributed by atoms with Gasteiger partial charge in [0.15, 0.2) is 15.7 Å². The summed E-state index contributed by atoms with van der Waals surface area (Å²) < 4.78 is 41.8. The first-order valence-electron chi connectivity index (χ1n) is 10.7. The van der Waals surface area contributed by atoms with Crippen molar-refractivity contribution in [3.05, 3.63) is 65.2 Å². The molecule has 0 spiro atoms. The van der Waals surface area contributed by atoms with Crippen molar-refractivity contribution in [1.82, 2.24) is 19.2 Å². The second kappa shape index (κ2) is 9.25. The molecule has 4 rings (SSSR count). The molecular formula is C23H27FN4O2S2. The third kappa shape index (κ3) is 5.00. The van der Waals surface area contributed by atoms with Crippen molar-refractivity contribution in [2.75, 3.05) is 18.1 Å². The SMILES string of the molecule is CC(C)CN(Cn1nc(-c2ccccc2)n(-c2ccc(F)cc2)c1=S)[C@H]1CCS(=O)(=O)C1. The lowest BCUT2D eigenvalue weighted by Gasteiger charge is -2.29. The standard InChI is InChI=1S/C23H27FN4O2S2/c1-17(2)14-26(21-12-13-32(29,30)15-21)16-27-23(31)28(20-10-8-19(24)9-11-20)22(25-27)18-6-4-3-5-7-18/h3-11,17,21H,12-16H2,1-2H3/t21-/m0/s1. The molecule has 1 fully saturated rings. The molecular weight excluding hydrogens is 447 g/mol. The van der Waals surface area contributed by atoms with E-state index in [-0.39, 0.29) is 23.4 Å². The number of halogens is 1. The van der Waals surface area contributed by atoms with Gasteiger partial charge in [-0.1, -0.05) is 44.2 Å². The van der Waals surface area contributed by atoms with Crippen LogP contribution in [0.25, 0.3) is 17.1 Å². The minimum absolute atomic E-state index is 0.0551. The predicted molar refractivity (Wildman–Crippen MR) is 126 cm³/mol. The molecule has 6 nitrogen and oxygen atoms in total. The van der Waals surface area contributed by atoms with Crippen LogP contribution in [0.1, 0.15) is 20.3 Å². The number of hydrogen-bond acceptors (Lipinski definition) is 5. The zero-order valence-corrected chi connectivity index (χ0v) is 19.8. The van der Waals surface area contributed by atoms with Gasteiger partial charge in [-0.2, -0.15) is 0 Å². The summed E-state index contributed by atoms with van der Waals surface area (Å²) in [6, 6.07) is 15.8. The van der Waals surface area contributed by atoms with Gasteiger partial charge in [0.2, 0.25) is 4.77 Å². The Kier molecular flexibility index (Phi) is 6.60. The highest BCUT2D eigenvalue weighted by atomic mass is 32.2. The molecule has 2 heterocycles. The fraction of sp³-hybridized carbons (Fsp3) is 0.391. The zero-order valence-electron chi connectivity index (χ0n) is 18.2. The number of sulfone groups is 1. The molecule has 2 aromatic carbocycles. The largest absolute Gasteiger partial charge is 0.280 e. The van der Waals surface area contributed by atoms with E-state index in [0.29, 0.717) is 29.6 Å². The minimum Gasteiger partial charge on any atom is -0.280 e. The summed E-state index contributed by atoms with van der Waals surface area (Å²) in [5.41, 5.74) is 1.61.